The summed E-state index contributed by atoms with van der Waals surface area (Å²) < 4.78 is 0. The number of hydrogen-bond acceptors (Lipinski definition) is 3. The van der Waals surface area contributed by atoms with Crippen molar-refractivity contribution in [3.8, 4) is 0 Å². The summed E-state index contributed by atoms with van der Waals surface area (Å²) in [4.78, 5) is 38.1. The third-order valence-electron chi connectivity index (χ3n) is 3.76. The summed E-state index contributed by atoms with van der Waals surface area (Å²) in [5.41, 5.74) is -0.0947. The van der Waals surface area contributed by atoms with Gasteiger partial charge < -0.3 is 5.32 Å². The van der Waals surface area contributed by atoms with Crippen LogP contribution in [0.2, 0.25) is 10.0 Å². The molecule has 0 aliphatic carbocycles. The van der Waals surface area contributed by atoms with Crippen molar-refractivity contribution in [2.45, 2.75) is 46.6 Å². The molecule has 136 valence electrons. The van der Waals surface area contributed by atoms with Crippen LogP contribution in [0.5, 0.6) is 0 Å². The number of carbonyl (C=O) groups excluding carboxylic acids is 3. The van der Waals surface area contributed by atoms with E-state index in [9.17, 15) is 14.4 Å². The first kappa shape index (κ1) is 19.7. The molecule has 2 rings (SSSR count). The van der Waals surface area contributed by atoms with Crippen LogP contribution in [0.4, 0.5) is 0 Å². The fourth-order valence-electron chi connectivity index (χ4n) is 3.36. The number of hydrogen-bond donors (Lipinski definition) is 1. The highest BCUT2D eigenvalue weighted by Gasteiger charge is 2.38. The molecule has 1 aliphatic rings. The molecule has 0 saturated carbocycles. The number of imide groups is 1. The summed E-state index contributed by atoms with van der Waals surface area (Å²) in [5.74, 6) is -1.47. The van der Waals surface area contributed by atoms with E-state index in [1.165, 1.54) is 12.1 Å². The topological polar surface area (TPSA) is 66.5 Å². The van der Waals surface area contributed by atoms with Crippen LogP contribution in [0.15, 0.2) is 12.1 Å². The Balaban J connectivity index is 2.12. The number of carbonyl (C=O) groups is 3. The molecule has 0 aromatic heterocycles. The highest BCUT2D eigenvalue weighted by molar-refractivity contribution is 6.43. The van der Waals surface area contributed by atoms with E-state index in [0.29, 0.717) is 0 Å². The molecule has 0 fully saturated rings. The maximum atomic E-state index is 12.4. The minimum atomic E-state index is -0.539. The Kier molecular flexibility index (Phi) is 5.22. The Morgan fingerprint density at radius 1 is 1.00 bits per heavy atom. The minimum Gasteiger partial charge on any atom is -0.350 e. The molecule has 3 amide bonds. The molecule has 25 heavy (non-hydrogen) atoms. The van der Waals surface area contributed by atoms with Crippen LogP contribution in [0.1, 0.15) is 61.8 Å². The first-order valence-corrected chi connectivity index (χ1v) is 8.73. The van der Waals surface area contributed by atoms with E-state index in [4.69, 9.17) is 23.2 Å². The zero-order valence-corrected chi connectivity index (χ0v) is 16.5. The lowest BCUT2D eigenvalue weighted by Crippen LogP contribution is -2.50. The lowest BCUT2D eigenvalue weighted by molar-refractivity contribution is -0.123. The van der Waals surface area contributed by atoms with Crippen molar-refractivity contribution in [3.63, 3.8) is 0 Å². The van der Waals surface area contributed by atoms with E-state index in [2.05, 4.69) is 26.1 Å². The van der Waals surface area contributed by atoms with Crippen molar-refractivity contribution in [2.75, 3.05) is 6.54 Å². The summed E-state index contributed by atoms with van der Waals surface area (Å²) in [6.07, 6.45) is 0.749. The van der Waals surface area contributed by atoms with Gasteiger partial charge in [-0.2, -0.15) is 0 Å². The van der Waals surface area contributed by atoms with Gasteiger partial charge in [0.15, 0.2) is 0 Å². The second-order valence-corrected chi connectivity index (χ2v) is 8.99. The van der Waals surface area contributed by atoms with Gasteiger partial charge in [-0.3, -0.25) is 19.3 Å². The van der Waals surface area contributed by atoms with Crippen molar-refractivity contribution < 1.29 is 14.4 Å². The first-order chi connectivity index (χ1) is 11.3. The van der Waals surface area contributed by atoms with Gasteiger partial charge in [-0.05, 0) is 37.8 Å². The Hall–Kier alpha value is -1.59. The molecule has 1 aromatic rings. The minimum absolute atomic E-state index is 0.0276. The Morgan fingerprint density at radius 3 is 1.84 bits per heavy atom. The molecule has 1 heterocycles. The van der Waals surface area contributed by atoms with Gasteiger partial charge in [0, 0.05) is 5.54 Å². The van der Waals surface area contributed by atoms with Crippen LogP contribution in [0, 0.1) is 5.41 Å². The number of rotatable bonds is 4. The number of fused-ring (bicyclic) bond motifs is 1. The molecule has 7 heteroatoms. The molecule has 0 radical (unpaired) electrons. The van der Waals surface area contributed by atoms with E-state index in [1.54, 1.807) is 0 Å². The molecule has 5 nitrogen and oxygen atoms in total. The Bertz CT molecular complexity index is 710. The second-order valence-electron chi connectivity index (χ2n) is 8.18. The van der Waals surface area contributed by atoms with E-state index in [1.807, 2.05) is 13.8 Å². The lowest BCUT2D eigenvalue weighted by atomic mass is 9.82. The standard InChI is InChI=1S/C18H22Cl2N2O3/c1-17(2,3)9-18(4,5)21-14(23)8-22-15(24)10-6-12(19)13(20)7-11(10)16(22)25/h6-7H,8-9H2,1-5H3,(H,21,23). The zero-order valence-electron chi connectivity index (χ0n) is 15.0. The third kappa shape index (κ3) is 4.53. The van der Waals surface area contributed by atoms with Gasteiger partial charge in [-0.25, -0.2) is 0 Å². The van der Waals surface area contributed by atoms with Crippen molar-refractivity contribution in [1.82, 2.24) is 10.2 Å². The second kappa shape index (κ2) is 6.61. The van der Waals surface area contributed by atoms with Crippen LogP contribution in [-0.2, 0) is 4.79 Å². The van der Waals surface area contributed by atoms with Crippen molar-refractivity contribution in [1.29, 1.82) is 0 Å². The quantitative estimate of drug-likeness (QED) is 0.799. The largest absolute Gasteiger partial charge is 0.350 e. The SMILES string of the molecule is CC(C)(C)CC(C)(C)NC(=O)CN1C(=O)c2cc(Cl)c(Cl)cc2C1=O. The molecule has 1 N–H and O–H groups in total. The number of nitrogens with zero attached hydrogens (tertiary/aromatic N) is 1. The smallest absolute Gasteiger partial charge is 0.262 e. The predicted molar refractivity (Wildman–Crippen MR) is 98.1 cm³/mol. The average molecular weight is 385 g/mol. The predicted octanol–water partition coefficient (Wildman–Crippen LogP) is 3.92. The van der Waals surface area contributed by atoms with E-state index < -0.39 is 17.4 Å². The fraction of sp³-hybridized carbons (Fsp3) is 0.500. The highest BCUT2D eigenvalue weighted by atomic mass is 35.5. The summed E-state index contributed by atoms with van der Waals surface area (Å²) >= 11 is 11.8. The first-order valence-electron chi connectivity index (χ1n) is 7.97. The van der Waals surface area contributed by atoms with Crippen LogP contribution in [0.3, 0.4) is 0 Å². The molecular formula is C18H22Cl2N2O3. The summed E-state index contributed by atoms with van der Waals surface area (Å²) in [5, 5.41) is 3.28. The van der Waals surface area contributed by atoms with E-state index in [0.717, 1.165) is 11.3 Å². The molecule has 0 atom stereocenters. The van der Waals surface area contributed by atoms with Crippen molar-refractivity contribution in [2.24, 2.45) is 5.41 Å². The molecule has 0 spiro atoms. The summed E-state index contributed by atoms with van der Waals surface area (Å²) in [6, 6.07) is 2.72. The van der Waals surface area contributed by atoms with Gasteiger partial charge >= 0.3 is 0 Å². The van der Waals surface area contributed by atoms with Crippen LogP contribution < -0.4 is 5.32 Å². The number of amides is 3. The summed E-state index contributed by atoms with van der Waals surface area (Å²) in [6.45, 7) is 9.74. The van der Waals surface area contributed by atoms with Crippen LogP contribution in [-0.4, -0.2) is 34.7 Å². The summed E-state index contributed by atoms with van der Waals surface area (Å²) in [7, 11) is 0. The van der Waals surface area contributed by atoms with Gasteiger partial charge in [0.1, 0.15) is 6.54 Å². The van der Waals surface area contributed by atoms with Gasteiger partial charge in [-0.1, -0.05) is 44.0 Å². The van der Waals surface area contributed by atoms with E-state index >= 15 is 0 Å². The third-order valence-corrected chi connectivity index (χ3v) is 4.49. The molecule has 0 saturated heterocycles. The molecule has 1 aliphatic heterocycles. The number of halogens is 2. The van der Waals surface area contributed by atoms with Crippen LogP contribution in [0.25, 0.3) is 0 Å². The fourth-order valence-corrected chi connectivity index (χ4v) is 3.69. The lowest BCUT2D eigenvalue weighted by Gasteiger charge is -2.33. The molecule has 1 aromatic carbocycles. The maximum Gasteiger partial charge on any atom is 0.262 e. The van der Waals surface area contributed by atoms with Gasteiger partial charge in [0.2, 0.25) is 5.91 Å². The molecular weight excluding hydrogens is 363 g/mol. The van der Waals surface area contributed by atoms with Gasteiger partial charge in [-0.15, -0.1) is 0 Å². The van der Waals surface area contributed by atoms with Gasteiger partial charge in [0.05, 0.1) is 21.2 Å². The zero-order chi connectivity index (χ0) is 19.2. The number of benzene rings is 1. The van der Waals surface area contributed by atoms with E-state index in [-0.39, 0.29) is 39.0 Å². The Labute approximate surface area is 157 Å². The number of nitrogens with one attached hydrogen (secondary N) is 1. The molecule has 0 bridgehead atoms. The maximum absolute atomic E-state index is 12.4. The highest BCUT2D eigenvalue weighted by Crippen LogP contribution is 2.31. The Morgan fingerprint density at radius 2 is 1.44 bits per heavy atom. The van der Waals surface area contributed by atoms with Crippen molar-refractivity contribution >= 4 is 40.9 Å². The van der Waals surface area contributed by atoms with Crippen LogP contribution >= 0.6 is 23.2 Å². The van der Waals surface area contributed by atoms with Gasteiger partial charge in [0.25, 0.3) is 11.8 Å². The molecule has 0 unspecified atom stereocenters. The monoisotopic (exact) mass is 384 g/mol. The average Bonchev–Trinajstić information content (AvgIpc) is 2.61. The van der Waals surface area contributed by atoms with Crippen molar-refractivity contribution in [3.05, 3.63) is 33.3 Å². The normalized spacial score (nSPS) is 14.8.